The van der Waals surface area contributed by atoms with Crippen molar-refractivity contribution in [3.63, 3.8) is 0 Å². The van der Waals surface area contributed by atoms with Gasteiger partial charge in [0.15, 0.2) is 35.1 Å². The van der Waals surface area contributed by atoms with Crippen molar-refractivity contribution in [1.82, 2.24) is 0 Å². The number of rotatable bonds is 9. The first-order valence-corrected chi connectivity index (χ1v) is 10.7. The molecule has 0 amide bonds. The van der Waals surface area contributed by atoms with E-state index in [0.29, 0.717) is 0 Å². The van der Waals surface area contributed by atoms with E-state index in [1.54, 1.807) is 0 Å². The van der Waals surface area contributed by atoms with Crippen LogP contribution in [0.25, 0.3) is 0 Å². The van der Waals surface area contributed by atoms with Gasteiger partial charge in [-0.25, -0.2) is 0 Å². The summed E-state index contributed by atoms with van der Waals surface area (Å²) in [5.41, 5.74) is 0.160. The van der Waals surface area contributed by atoms with Gasteiger partial charge >= 0.3 is 0 Å². The van der Waals surface area contributed by atoms with Crippen LogP contribution in [0.5, 0.6) is 23.0 Å². The van der Waals surface area contributed by atoms with Gasteiger partial charge in [-0.3, -0.25) is 4.79 Å². The van der Waals surface area contributed by atoms with Gasteiger partial charge in [0, 0.05) is 12.0 Å². The van der Waals surface area contributed by atoms with Gasteiger partial charge in [0.1, 0.15) is 30.5 Å². The number of carbonyl (C=O) groups excluding carboxylic acids is 1. The van der Waals surface area contributed by atoms with Gasteiger partial charge < -0.3 is 55.4 Å². The molecular weight excluding hydrogens is 468 g/mol. The maximum atomic E-state index is 12.6. The van der Waals surface area contributed by atoms with E-state index in [9.17, 15) is 50.8 Å². The van der Waals surface area contributed by atoms with E-state index in [2.05, 4.69) is 0 Å². The molecule has 2 aromatic rings. The second kappa shape index (κ2) is 11.2. The highest BCUT2D eigenvalue weighted by Crippen LogP contribution is 2.33. The third kappa shape index (κ3) is 6.00. The molecule has 9 N–H and O–H groups in total. The molecule has 1 fully saturated rings. The Morgan fingerprint density at radius 2 is 1.51 bits per heavy atom. The summed E-state index contributed by atoms with van der Waals surface area (Å²) < 4.78 is 11.0. The number of ether oxygens (including phenoxy) is 2. The monoisotopic (exact) mass is 496 g/mol. The first-order chi connectivity index (χ1) is 16.5. The van der Waals surface area contributed by atoms with E-state index in [1.165, 1.54) is 12.1 Å². The second-order valence-corrected chi connectivity index (χ2v) is 8.23. The number of aliphatic hydroxyl groups is 5. The van der Waals surface area contributed by atoms with Crippen LogP contribution in [-0.2, 0) is 9.47 Å². The first kappa shape index (κ1) is 26.6. The summed E-state index contributed by atoms with van der Waals surface area (Å²) in [5.74, 6) is -2.35. The van der Waals surface area contributed by atoms with Crippen LogP contribution >= 0.6 is 0 Å². The van der Waals surface area contributed by atoms with Crippen LogP contribution in [0.3, 0.4) is 0 Å². The van der Waals surface area contributed by atoms with Crippen molar-refractivity contribution < 1.29 is 60.2 Å². The number of aliphatic hydroxyl groups excluding tert-OH is 5. The highest BCUT2D eigenvalue weighted by Gasteiger charge is 2.45. The minimum absolute atomic E-state index is 0.0728. The molecule has 1 heterocycles. The zero-order valence-electron chi connectivity index (χ0n) is 18.4. The summed E-state index contributed by atoms with van der Waals surface area (Å²) in [4.78, 5) is 12.6. The summed E-state index contributed by atoms with van der Waals surface area (Å²) in [7, 11) is 0. The molecule has 0 radical (unpaired) electrons. The molecule has 0 aliphatic carbocycles. The maximum absolute atomic E-state index is 12.6. The lowest BCUT2D eigenvalue weighted by molar-refractivity contribution is -0.317. The number of aromatic hydroxyl groups is 4. The van der Waals surface area contributed by atoms with Crippen molar-refractivity contribution in [2.24, 2.45) is 0 Å². The molecule has 0 unspecified atom stereocenters. The van der Waals surface area contributed by atoms with E-state index >= 15 is 0 Å². The molecule has 12 heteroatoms. The van der Waals surface area contributed by atoms with Gasteiger partial charge in [-0.1, -0.05) is 6.07 Å². The Bertz CT molecular complexity index is 1030. The maximum Gasteiger partial charge on any atom is 0.187 e. The summed E-state index contributed by atoms with van der Waals surface area (Å²) in [6.45, 7) is -0.702. The van der Waals surface area contributed by atoms with Crippen LogP contribution in [0.1, 0.15) is 34.9 Å². The van der Waals surface area contributed by atoms with E-state index in [0.717, 1.165) is 24.3 Å². The van der Waals surface area contributed by atoms with Crippen LogP contribution in [0.15, 0.2) is 36.4 Å². The van der Waals surface area contributed by atoms with Crippen molar-refractivity contribution in [2.45, 2.75) is 55.8 Å². The number of phenolic OH excluding ortho intramolecular Hbond substituents is 4. The Labute approximate surface area is 199 Å². The quantitative estimate of drug-likeness (QED) is 0.157. The fraction of sp³-hybridized carbons (Fsp3) is 0.435. The molecule has 35 heavy (non-hydrogen) atoms. The lowest BCUT2D eigenvalue weighted by atomic mass is 9.96. The molecule has 7 atom stereocenters. The Morgan fingerprint density at radius 3 is 2.11 bits per heavy atom. The standard InChI is InChI=1S/C23H28O12/c24-9-18-20(31)21(32)22(33)23(35-18)34-17(19(30)11-2-4-14(27)16(29)8-11)6-5-12(25)10-1-3-13(26)15(28)7-10/h1-4,7-8,17-24,26-33H,5-6,9H2/t17-,18-,19+,20-,21+,22-,23-/m1/s1. The van der Waals surface area contributed by atoms with Crippen molar-refractivity contribution >= 4 is 5.78 Å². The number of hydrogen-bond donors (Lipinski definition) is 9. The summed E-state index contributed by atoms with van der Waals surface area (Å²) in [6, 6.07) is 6.99. The van der Waals surface area contributed by atoms with Gasteiger partial charge in [-0.15, -0.1) is 0 Å². The number of hydrogen-bond acceptors (Lipinski definition) is 12. The van der Waals surface area contributed by atoms with Crippen LogP contribution in [-0.4, -0.2) is 95.2 Å². The average molecular weight is 496 g/mol. The van der Waals surface area contributed by atoms with E-state index < -0.39 is 78.3 Å². The average Bonchev–Trinajstić information content (AvgIpc) is 2.84. The van der Waals surface area contributed by atoms with Gasteiger partial charge in [0.25, 0.3) is 0 Å². The number of ketones is 1. The summed E-state index contributed by atoms with van der Waals surface area (Å²) in [5, 5.41) is 89.0. The first-order valence-electron chi connectivity index (χ1n) is 10.7. The molecule has 0 saturated carbocycles. The lowest BCUT2D eigenvalue weighted by Crippen LogP contribution is -2.59. The predicted molar refractivity (Wildman–Crippen MR) is 117 cm³/mol. The molecule has 12 nitrogen and oxygen atoms in total. The SMILES string of the molecule is O=C(CC[C@@H](O[C@@H]1O[C@H](CO)[C@@H](O)[C@H](O)[C@H]1O)[C@@H](O)c1ccc(O)c(O)c1)c1ccc(O)c(O)c1. The van der Waals surface area contributed by atoms with Crippen LogP contribution in [0.4, 0.5) is 0 Å². The molecule has 192 valence electrons. The van der Waals surface area contributed by atoms with Crippen LogP contribution < -0.4 is 0 Å². The topological polar surface area (TPSA) is 218 Å². The fourth-order valence-electron chi connectivity index (χ4n) is 3.71. The Balaban J connectivity index is 1.82. The molecule has 0 aromatic heterocycles. The normalized spacial score (nSPS) is 26.3. The molecule has 0 spiro atoms. The molecule has 0 bridgehead atoms. The van der Waals surface area contributed by atoms with Crippen LogP contribution in [0.2, 0.25) is 0 Å². The predicted octanol–water partition coefficient (Wildman–Crippen LogP) is -0.609. The lowest BCUT2D eigenvalue weighted by Gasteiger charge is -2.41. The number of Topliss-reactive ketones (excluding diaryl/α,β-unsaturated/α-hetero) is 1. The second-order valence-electron chi connectivity index (χ2n) is 8.23. The van der Waals surface area contributed by atoms with E-state index in [-0.39, 0.29) is 24.0 Å². The van der Waals surface area contributed by atoms with Gasteiger partial charge in [-0.2, -0.15) is 0 Å². The molecule has 1 aliphatic rings. The van der Waals surface area contributed by atoms with Gasteiger partial charge in [0.2, 0.25) is 0 Å². The Kier molecular flexibility index (Phi) is 8.51. The number of phenols is 4. The smallest absolute Gasteiger partial charge is 0.187 e. The third-order valence-electron chi connectivity index (χ3n) is 5.80. The number of carbonyl (C=O) groups is 1. The largest absolute Gasteiger partial charge is 0.504 e. The Hall–Kier alpha value is -2.97. The van der Waals surface area contributed by atoms with Gasteiger partial charge in [-0.05, 0) is 42.3 Å². The summed E-state index contributed by atoms with van der Waals surface area (Å²) in [6.07, 6.45) is -11.2. The van der Waals surface area contributed by atoms with E-state index in [1.807, 2.05) is 0 Å². The van der Waals surface area contributed by atoms with Crippen molar-refractivity contribution in [1.29, 1.82) is 0 Å². The zero-order chi connectivity index (χ0) is 25.9. The molecule has 1 aliphatic heterocycles. The summed E-state index contributed by atoms with van der Waals surface area (Å²) >= 11 is 0. The van der Waals surface area contributed by atoms with Crippen LogP contribution in [0, 0.1) is 0 Å². The zero-order valence-corrected chi connectivity index (χ0v) is 18.4. The highest BCUT2D eigenvalue weighted by molar-refractivity contribution is 5.96. The van der Waals surface area contributed by atoms with Crippen molar-refractivity contribution in [3.8, 4) is 23.0 Å². The molecule has 3 rings (SSSR count). The minimum atomic E-state index is -1.76. The van der Waals surface area contributed by atoms with Crippen molar-refractivity contribution in [3.05, 3.63) is 47.5 Å². The van der Waals surface area contributed by atoms with Gasteiger partial charge in [0.05, 0.1) is 12.7 Å². The fourth-order valence-corrected chi connectivity index (χ4v) is 3.71. The molecular formula is C23H28O12. The minimum Gasteiger partial charge on any atom is -0.504 e. The molecule has 1 saturated heterocycles. The van der Waals surface area contributed by atoms with Crippen molar-refractivity contribution in [2.75, 3.05) is 6.61 Å². The highest BCUT2D eigenvalue weighted by atomic mass is 16.7. The Morgan fingerprint density at radius 1 is 0.886 bits per heavy atom. The van der Waals surface area contributed by atoms with E-state index in [4.69, 9.17) is 9.47 Å². The third-order valence-corrected chi connectivity index (χ3v) is 5.80. The number of benzene rings is 2. The molecule has 2 aromatic carbocycles.